The van der Waals surface area contributed by atoms with Gasteiger partial charge in [-0.3, -0.25) is 4.79 Å². The predicted octanol–water partition coefficient (Wildman–Crippen LogP) is 1.75. The van der Waals surface area contributed by atoms with Crippen molar-refractivity contribution in [2.75, 3.05) is 33.2 Å². The minimum Gasteiger partial charge on any atom is -0.421 e. The fourth-order valence-corrected chi connectivity index (χ4v) is 2.70. The molecule has 1 amide bonds. The number of carbonyl (C=O) groups is 1. The van der Waals surface area contributed by atoms with E-state index in [2.05, 4.69) is 22.1 Å². The number of aryl methyl sites for hydroxylation is 2. The van der Waals surface area contributed by atoms with Gasteiger partial charge in [-0.05, 0) is 25.6 Å². The number of carbonyl (C=O) groups excluding carboxylic acids is 1. The average Bonchev–Trinajstić information content (AvgIpc) is 3.02. The van der Waals surface area contributed by atoms with Gasteiger partial charge in [-0.25, -0.2) is 0 Å². The molecule has 0 aliphatic carbocycles. The molecule has 122 valence electrons. The number of benzene rings is 1. The van der Waals surface area contributed by atoms with Crippen molar-refractivity contribution in [3.8, 4) is 11.5 Å². The maximum absolute atomic E-state index is 12.2. The van der Waals surface area contributed by atoms with Crippen LogP contribution in [0.4, 0.5) is 0 Å². The number of hydrogen-bond donors (Lipinski definition) is 0. The third kappa shape index (κ3) is 3.76. The van der Waals surface area contributed by atoms with E-state index in [0.717, 1.165) is 37.3 Å². The first-order valence-corrected chi connectivity index (χ1v) is 7.98. The van der Waals surface area contributed by atoms with Crippen molar-refractivity contribution in [1.29, 1.82) is 0 Å². The standard InChI is InChI=1S/C17H22N4O2/c1-13-5-3-4-6-14(13)17-19-18-15(23-17)7-8-16(22)21-11-9-20(2)10-12-21/h3-6H,7-12H2,1-2H3. The molecule has 0 unspecified atom stereocenters. The molecule has 23 heavy (non-hydrogen) atoms. The number of nitrogens with zero attached hydrogens (tertiary/aromatic N) is 4. The van der Waals surface area contributed by atoms with E-state index >= 15 is 0 Å². The van der Waals surface area contributed by atoms with E-state index < -0.39 is 0 Å². The Balaban J connectivity index is 1.57. The molecule has 6 heteroatoms. The molecule has 0 atom stereocenters. The van der Waals surface area contributed by atoms with Crippen molar-refractivity contribution < 1.29 is 9.21 Å². The second-order valence-corrected chi connectivity index (χ2v) is 6.00. The van der Waals surface area contributed by atoms with Crippen LogP contribution in [0.2, 0.25) is 0 Å². The van der Waals surface area contributed by atoms with E-state index in [-0.39, 0.29) is 5.91 Å². The number of hydrogen-bond acceptors (Lipinski definition) is 5. The normalized spacial score (nSPS) is 15.8. The molecule has 0 N–H and O–H groups in total. The van der Waals surface area contributed by atoms with Gasteiger partial charge in [0.1, 0.15) is 0 Å². The minimum atomic E-state index is 0.161. The summed E-state index contributed by atoms with van der Waals surface area (Å²) < 4.78 is 5.70. The zero-order chi connectivity index (χ0) is 16.2. The zero-order valence-electron chi connectivity index (χ0n) is 13.7. The van der Waals surface area contributed by atoms with E-state index in [4.69, 9.17) is 4.42 Å². The summed E-state index contributed by atoms with van der Waals surface area (Å²) in [5.74, 6) is 1.20. The summed E-state index contributed by atoms with van der Waals surface area (Å²) in [4.78, 5) is 16.4. The van der Waals surface area contributed by atoms with Crippen LogP contribution in [0.15, 0.2) is 28.7 Å². The highest BCUT2D eigenvalue weighted by atomic mass is 16.4. The molecule has 0 spiro atoms. The molecule has 6 nitrogen and oxygen atoms in total. The Labute approximate surface area is 136 Å². The molecule has 3 rings (SSSR count). The van der Waals surface area contributed by atoms with Crippen molar-refractivity contribution in [3.63, 3.8) is 0 Å². The summed E-state index contributed by atoms with van der Waals surface area (Å²) >= 11 is 0. The van der Waals surface area contributed by atoms with Crippen LogP contribution in [-0.4, -0.2) is 59.1 Å². The average molecular weight is 314 g/mol. The maximum atomic E-state index is 12.2. The van der Waals surface area contributed by atoms with Gasteiger partial charge in [0.2, 0.25) is 17.7 Å². The summed E-state index contributed by atoms with van der Waals surface area (Å²) in [6.45, 7) is 5.48. The lowest BCUT2D eigenvalue weighted by molar-refractivity contribution is -0.132. The number of amides is 1. The van der Waals surface area contributed by atoms with Gasteiger partial charge in [-0.15, -0.1) is 10.2 Å². The summed E-state index contributed by atoms with van der Waals surface area (Å²) in [7, 11) is 2.08. The SMILES string of the molecule is Cc1ccccc1-c1nnc(CCC(=O)N2CCN(C)CC2)o1. The van der Waals surface area contributed by atoms with Gasteiger partial charge in [0, 0.05) is 44.6 Å². The highest BCUT2D eigenvalue weighted by Gasteiger charge is 2.19. The van der Waals surface area contributed by atoms with Crippen LogP contribution in [0.3, 0.4) is 0 Å². The Bertz CT molecular complexity index is 675. The maximum Gasteiger partial charge on any atom is 0.247 e. The summed E-state index contributed by atoms with van der Waals surface area (Å²) in [5, 5.41) is 8.17. The predicted molar refractivity (Wildman–Crippen MR) is 86.9 cm³/mol. The molecule has 1 saturated heterocycles. The van der Waals surface area contributed by atoms with E-state index in [1.54, 1.807) is 0 Å². The quantitative estimate of drug-likeness (QED) is 0.860. The smallest absolute Gasteiger partial charge is 0.247 e. The molecule has 0 saturated carbocycles. The Morgan fingerprint density at radius 2 is 1.91 bits per heavy atom. The lowest BCUT2D eigenvalue weighted by Crippen LogP contribution is -2.47. The molecule has 1 aliphatic rings. The molecule has 1 fully saturated rings. The van der Waals surface area contributed by atoms with Gasteiger partial charge in [0.05, 0.1) is 0 Å². The molecule has 1 aromatic heterocycles. The summed E-state index contributed by atoms with van der Waals surface area (Å²) in [5.41, 5.74) is 2.04. The highest BCUT2D eigenvalue weighted by Crippen LogP contribution is 2.21. The highest BCUT2D eigenvalue weighted by molar-refractivity contribution is 5.76. The summed E-state index contributed by atoms with van der Waals surface area (Å²) in [6.07, 6.45) is 0.906. The van der Waals surface area contributed by atoms with E-state index in [1.807, 2.05) is 36.1 Å². The van der Waals surface area contributed by atoms with Gasteiger partial charge < -0.3 is 14.2 Å². The van der Waals surface area contributed by atoms with Crippen LogP contribution in [0.5, 0.6) is 0 Å². The van der Waals surface area contributed by atoms with E-state index in [0.29, 0.717) is 24.6 Å². The van der Waals surface area contributed by atoms with Gasteiger partial charge in [-0.1, -0.05) is 18.2 Å². The largest absolute Gasteiger partial charge is 0.421 e. The topological polar surface area (TPSA) is 62.5 Å². The fourth-order valence-electron chi connectivity index (χ4n) is 2.70. The Kier molecular flexibility index (Phi) is 4.71. The van der Waals surface area contributed by atoms with Crippen molar-refractivity contribution in [1.82, 2.24) is 20.0 Å². The molecule has 2 aromatic rings. The summed E-state index contributed by atoms with van der Waals surface area (Å²) in [6, 6.07) is 7.89. The van der Waals surface area contributed by atoms with Crippen molar-refractivity contribution in [3.05, 3.63) is 35.7 Å². The second-order valence-electron chi connectivity index (χ2n) is 6.00. The van der Waals surface area contributed by atoms with Gasteiger partial charge in [0.15, 0.2) is 0 Å². The van der Waals surface area contributed by atoms with Crippen LogP contribution in [0, 0.1) is 6.92 Å². The molecular formula is C17H22N4O2. The first-order valence-electron chi connectivity index (χ1n) is 7.98. The van der Waals surface area contributed by atoms with Crippen LogP contribution < -0.4 is 0 Å². The van der Waals surface area contributed by atoms with Gasteiger partial charge >= 0.3 is 0 Å². The van der Waals surface area contributed by atoms with Crippen LogP contribution >= 0.6 is 0 Å². The Morgan fingerprint density at radius 1 is 1.17 bits per heavy atom. The van der Waals surface area contributed by atoms with Crippen LogP contribution in [-0.2, 0) is 11.2 Å². The van der Waals surface area contributed by atoms with E-state index in [9.17, 15) is 4.79 Å². The lowest BCUT2D eigenvalue weighted by Gasteiger charge is -2.32. The van der Waals surface area contributed by atoms with Crippen molar-refractivity contribution in [2.45, 2.75) is 19.8 Å². The third-order valence-electron chi connectivity index (χ3n) is 4.25. The Hall–Kier alpha value is -2.21. The first kappa shape index (κ1) is 15.7. The molecule has 1 aliphatic heterocycles. The molecule has 0 radical (unpaired) electrons. The van der Waals surface area contributed by atoms with Crippen LogP contribution in [0.25, 0.3) is 11.5 Å². The molecule has 0 bridgehead atoms. The van der Waals surface area contributed by atoms with Crippen molar-refractivity contribution in [2.24, 2.45) is 0 Å². The fraction of sp³-hybridized carbons (Fsp3) is 0.471. The monoisotopic (exact) mass is 314 g/mol. The van der Waals surface area contributed by atoms with E-state index in [1.165, 1.54) is 0 Å². The first-order chi connectivity index (χ1) is 11.1. The lowest BCUT2D eigenvalue weighted by atomic mass is 10.1. The third-order valence-corrected chi connectivity index (χ3v) is 4.25. The van der Waals surface area contributed by atoms with Crippen LogP contribution in [0.1, 0.15) is 17.9 Å². The Morgan fingerprint density at radius 3 is 2.65 bits per heavy atom. The number of piperazine rings is 1. The second kappa shape index (κ2) is 6.91. The molecule has 2 heterocycles. The zero-order valence-corrected chi connectivity index (χ0v) is 13.7. The molecular weight excluding hydrogens is 292 g/mol. The number of aromatic nitrogens is 2. The van der Waals surface area contributed by atoms with Gasteiger partial charge in [-0.2, -0.15) is 0 Å². The minimum absolute atomic E-state index is 0.161. The van der Waals surface area contributed by atoms with Crippen molar-refractivity contribution >= 4 is 5.91 Å². The molecule has 1 aromatic carbocycles. The number of likely N-dealkylation sites (N-methyl/N-ethyl adjacent to an activating group) is 1. The van der Waals surface area contributed by atoms with Gasteiger partial charge in [0.25, 0.3) is 0 Å². The number of rotatable bonds is 4.